The van der Waals surface area contributed by atoms with Gasteiger partial charge in [0.1, 0.15) is 13.2 Å². The largest absolute Gasteiger partial charge is 0.756 e. The second kappa shape index (κ2) is 34.5. The van der Waals surface area contributed by atoms with E-state index in [0.717, 1.165) is 57.8 Å². The SMILES string of the molecule is CCCCCCCC/C=C/CCCCCCCC(=O)N[C@@H](COP(=O)([O-])OCC[N+](C)(C)C)[C@H](O)/C=C/CC/C=C/CCCCCCCCCC. The number of likely N-dealkylation sites (N-methyl/N-ethyl adjacent to an activating group) is 1. The van der Waals surface area contributed by atoms with E-state index in [1.165, 1.54) is 96.3 Å². The molecule has 1 unspecified atom stereocenters. The molecular formula is C42H81N2O6P. The highest BCUT2D eigenvalue weighted by Crippen LogP contribution is 2.38. The van der Waals surface area contributed by atoms with E-state index in [4.69, 9.17) is 9.05 Å². The third-order valence-electron chi connectivity index (χ3n) is 9.07. The number of allylic oxidation sites excluding steroid dienone is 5. The van der Waals surface area contributed by atoms with Gasteiger partial charge in [0, 0.05) is 6.42 Å². The van der Waals surface area contributed by atoms with E-state index < -0.39 is 26.6 Å². The molecule has 1 amide bonds. The summed E-state index contributed by atoms with van der Waals surface area (Å²) in [6.45, 7) is 4.59. The number of phosphoric ester groups is 1. The molecule has 0 aliphatic heterocycles. The monoisotopic (exact) mass is 741 g/mol. The summed E-state index contributed by atoms with van der Waals surface area (Å²) >= 11 is 0. The van der Waals surface area contributed by atoms with Crippen molar-refractivity contribution in [3.8, 4) is 0 Å². The number of quaternary nitrogens is 1. The maximum absolute atomic E-state index is 12.8. The first-order valence-corrected chi connectivity index (χ1v) is 22.3. The maximum Gasteiger partial charge on any atom is 0.268 e. The minimum absolute atomic E-state index is 0.00813. The van der Waals surface area contributed by atoms with Crippen molar-refractivity contribution in [2.75, 3.05) is 40.9 Å². The van der Waals surface area contributed by atoms with Crippen LogP contribution < -0.4 is 10.2 Å². The van der Waals surface area contributed by atoms with Crippen molar-refractivity contribution in [3.05, 3.63) is 36.5 Å². The lowest BCUT2D eigenvalue weighted by atomic mass is 10.1. The quantitative estimate of drug-likeness (QED) is 0.0284. The van der Waals surface area contributed by atoms with Crippen molar-refractivity contribution >= 4 is 13.7 Å². The molecule has 51 heavy (non-hydrogen) atoms. The first kappa shape index (κ1) is 49.7. The van der Waals surface area contributed by atoms with E-state index in [0.29, 0.717) is 17.4 Å². The Bertz CT molecular complexity index is 933. The van der Waals surface area contributed by atoms with Crippen LogP contribution in [0.15, 0.2) is 36.5 Å². The fourth-order valence-electron chi connectivity index (χ4n) is 5.69. The number of carbonyl (C=O) groups is 1. The van der Waals surface area contributed by atoms with Crippen LogP contribution in [0, 0.1) is 0 Å². The summed E-state index contributed by atoms with van der Waals surface area (Å²) in [5.74, 6) is -0.218. The molecule has 0 aliphatic rings. The standard InChI is InChI=1S/C42H81N2O6P/c1-6-8-10-12-14-16-18-20-22-24-26-28-30-32-34-36-42(46)43-40(39-50-51(47,48)49-38-37-44(3,4)5)41(45)35-33-31-29-27-25-23-21-19-17-15-13-11-9-7-2/h20,22,25,27,33,35,40-41,45H,6-19,21,23-24,26,28-32,34,36-39H2,1-5H3,(H-,43,46,47,48)/b22-20+,27-25+,35-33+/t40-,41+/m0/s1. The molecule has 0 spiro atoms. The molecule has 0 rings (SSSR count). The molecule has 9 heteroatoms. The topological polar surface area (TPSA) is 108 Å². The Balaban J connectivity index is 4.55. The summed E-state index contributed by atoms with van der Waals surface area (Å²) in [7, 11) is 1.23. The number of rotatable bonds is 37. The zero-order valence-corrected chi connectivity index (χ0v) is 34.7. The van der Waals surface area contributed by atoms with E-state index >= 15 is 0 Å². The number of aliphatic hydroxyl groups excluding tert-OH is 1. The predicted molar refractivity (Wildman–Crippen MR) is 215 cm³/mol. The number of phosphoric acid groups is 1. The van der Waals surface area contributed by atoms with E-state index in [1.54, 1.807) is 6.08 Å². The van der Waals surface area contributed by atoms with Crippen LogP contribution >= 0.6 is 7.82 Å². The van der Waals surface area contributed by atoms with Crippen LogP contribution in [0.3, 0.4) is 0 Å². The molecule has 0 saturated heterocycles. The van der Waals surface area contributed by atoms with Gasteiger partial charge >= 0.3 is 0 Å². The molecule has 0 aromatic carbocycles. The maximum atomic E-state index is 12.8. The number of unbranched alkanes of at least 4 members (excludes halogenated alkanes) is 20. The molecule has 0 bridgehead atoms. The van der Waals surface area contributed by atoms with Gasteiger partial charge < -0.3 is 28.8 Å². The second-order valence-electron chi connectivity index (χ2n) is 15.3. The van der Waals surface area contributed by atoms with Gasteiger partial charge in [-0.05, 0) is 57.8 Å². The van der Waals surface area contributed by atoms with Crippen LogP contribution in [0.4, 0.5) is 0 Å². The average molecular weight is 741 g/mol. The lowest BCUT2D eigenvalue weighted by Gasteiger charge is -2.29. The van der Waals surface area contributed by atoms with Crippen LogP contribution in [0.5, 0.6) is 0 Å². The van der Waals surface area contributed by atoms with Crippen molar-refractivity contribution in [2.45, 2.75) is 187 Å². The van der Waals surface area contributed by atoms with Gasteiger partial charge in [0.25, 0.3) is 7.82 Å². The number of hydrogen-bond donors (Lipinski definition) is 2. The Kier molecular flexibility index (Phi) is 33.6. The zero-order valence-electron chi connectivity index (χ0n) is 33.8. The third kappa shape index (κ3) is 36.9. The smallest absolute Gasteiger partial charge is 0.268 e. The molecule has 8 nitrogen and oxygen atoms in total. The van der Waals surface area contributed by atoms with Crippen LogP contribution in [-0.2, 0) is 18.4 Å². The van der Waals surface area contributed by atoms with Gasteiger partial charge in [0.2, 0.25) is 5.91 Å². The first-order valence-electron chi connectivity index (χ1n) is 20.9. The van der Waals surface area contributed by atoms with Gasteiger partial charge in [-0.1, -0.05) is 147 Å². The Morgan fingerprint density at radius 2 is 1.10 bits per heavy atom. The fourth-order valence-corrected chi connectivity index (χ4v) is 6.41. The van der Waals surface area contributed by atoms with Gasteiger partial charge in [-0.3, -0.25) is 9.36 Å². The predicted octanol–water partition coefficient (Wildman–Crippen LogP) is 10.5. The minimum Gasteiger partial charge on any atom is -0.756 e. The van der Waals surface area contributed by atoms with Crippen LogP contribution in [0.2, 0.25) is 0 Å². The number of nitrogens with one attached hydrogen (secondary N) is 1. The Morgan fingerprint density at radius 1 is 0.667 bits per heavy atom. The third-order valence-corrected chi connectivity index (χ3v) is 10.0. The van der Waals surface area contributed by atoms with E-state index in [1.807, 2.05) is 27.2 Å². The van der Waals surface area contributed by atoms with E-state index in [2.05, 4.69) is 43.5 Å². The Labute approximate surface area is 315 Å². The summed E-state index contributed by atoms with van der Waals surface area (Å²) in [4.78, 5) is 25.2. The molecule has 0 aliphatic carbocycles. The highest BCUT2D eigenvalue weighted by atomic mass is 31.2. The van der Waals surface area contributed by atoms with Crippen molar-refractivity contribution in [2.24, 2.45) is 0 Å². The average Bonchev–Trinajstić information content (AvgIpc) is 3.07. The normalized spacial score (nSPS) is 14.9. The van der Waals surface area contributed by atoms with Gasteiger partial charge in [-0.2, -0.15) is 0 Å². The number of amides is 1. The molecule has 0 aromatic heterocycles. The highest BCUT2D eigenvalue weighted by molar-refractivity contribution is 7.45. The number of aliphatic hydroxyl groups is 1. The molecule has 0 aromatic rings. The molecule has 3 atom stereocenters. The summed E-state index contributed by atoms with van der Waals surface area (Å²) in [5.41, 5.74) is 0. The van der Waals surface area contributed by atoms with Gasteiger partial charge in [0.05, 0.1) is 39.9 Å². The Morgan fingerprint density at radius 3 is 1.59 bits per heavy atom. The molecule has 0 heterocycles. The second-order valence-corrected chi connectivity index (χ2v) is 16.7. The Hall–Kier alpha value is -1.28. The lowest BCUT2D eigenvalue weighted by Crippen LogP contribution is -2.45. The van der Waals surface area contributed by atoms with Crippen molar-refractivity contribution in [3.63, 3.8) is 0 Å². The van der Waals surface area contributed by atoms with Gasteiger partial charge in [-0.25, -0.2) is 0 Å². The molecule has 0 radical (unpaired) electrons. The molecule has 0 fully saturated rings. The molecule has 0 saturated carbocycles. The lowest BCUT2D eigenvalue weighted by molar-refractivity contribution is -0.870. The summed E-state index contributed by atoms with van der Waals surface area (Å²) < 4.78 is 23.1. The van der Waals surface area contributed by atoms with Gasteiger partial charge in [0.15, 0.2) is 0 Å². The minimum atomic E-state index is -4.59. The van der Waals surface area contributed by atoms with Crippen molar-refractivity contribution in [1.29, 1.82) is 0 Å². The van der Waals surface area contributed by atoms with Crippen LogP contribution in [0.1, 0.15) is 174 Å². The fraction of sp³-hybridized carbons (Fsp3) is 0.833. The molecule has 2 N–H and O–H groups in total. The van der Waals surface area contributed by atoms with Gasteiger partial charge in [-0.15, -0.1) is 0 Å². The molecular weight excluding hydrogens is 659 g/mol. The zero-order chi connectivity index (χ0) is 37.9. The molecule has 300 valence electrons. The van der Waals surface area contributed by atoms with Crippen molar-refractivity contribution in [1.82, 2.24) is 5.32 Å². The van der Waals surface area contributed by atoms with Crippen LogP contribution in [-0.4, -0.2) is 68.5 Å². The number of nitrogens with zero attached hydrogens (tertiary/aromatic N) is 1. The van der Waals surface area contributed by atoms with E-state index in [-0.39, 0.29) is 12.5 Å². The highest BCUT2D eigenvalue weighted by Gasteiger charge is 2.23. The summed E-state index contributed by atoms with van der Waals surface area (Å²) in [6.07, 6.45) is 40.4. The van der Waals surface area contributed by atoms with Crippen LogP contribution in [0.25, 0.3) is 0 Å². The summed E-state index contributed by atoms with van der Waals surface area (Å²) in [5, 5.41) is 13.7. The number of hydrogen-bond acceptors (Lipinski definition) is 6. The van der Waals surface area contributed by atoms with E-state index in [9.17, 15) is 19.4 Å². The van der Waals surface area contributed by atoms with Crippen molar-refractivity contribution < 1.29 is 32.9 Å². The number of carbonyl (C=O) groups excluding carboxylic acids is 1. The summed E-state index contributed by atoms with van der Waals surface area (Å²) in [6, 6.07) is -0.904. The first-order chi connectivity index (χ1) is 24.5.